The van der Waals surface area contributed by atoms with E-state index in [2.05, 4.69) is 40.7 Å². The number of carbonyl (C=O) groups is 1. The minimum absolute atomic E-state index is 0.206. The lowest BCUT2D eigenvalue weighted by molar-refractivity contribution is 0.0957. The van der Waals surface area contributed by atoms with Crippen molar-refractivity contribution in [3.63, 3.8) is 0 Å². The zero-order valence-electron chi connectivity index (χ0n) is 14.5. The molecule has 1 aromatic rings. The van der Waals surface area contributed by atoms with E-state index in [0.29, 0.717) is 18.9 Å². The van der Waals surface area contributed by atoms with Crippen molar-refractivity contribution in [1.29, 1.82) is 0 Å². The Morgan fingerprint density at radius 1 is 1.05 bits per heavy atom. The number of carbonyl (C=O) groups excluding carboxylic acids is 1. The highest BCUT2D eigenvalue weighted by Gasteiger charge is 2.24. The summed E-state index contributed by atoms with van der Waals surface area (Å²) in [6, 6.07) is 4.16. The summed E-state index contributed by atoms with van der Waals surface area (Å²) in [5.74, 6) is 0.764. The van der Waals surface area contributed by atoms with Crippen LogP contribution in [0.4, 0.5) is 0 Å². The predicted octanol–water partition coefficient (Wildman–Crippen LogP) is 4.59. The standard InChI is InChI=1S/C19H31NO/c1-13-11-15(3)17(12-14(13)2)18(21)8-7-16(9-10-20)19(4,5)6/h11-12,16H,7-10,20H2,1-6H3. The van der Waals surface area contributed by atoms with Gasteiger partial charge in [0.2, 0.25) is 0 Å². The van der Waals surface area contributed by atoms with Crippen LogP contribution in [-0.4, -0.2) is 12.3 Å². The highest BCUT2D eigenvalue weighted by molar-refractivity contribution is 5.97. The lowest BCUT2D eigenvalue weighted by Crippen LogP contribution is -2.24. The van der Waals surface area contributed by atoms with Crippen LogP contribution in [0.1, 0.15) is 67.1 Å². The number of hydrogen-bond donors (Lipinski definition) is 1. The lowest BCUT2D eigenvalue weighted by Gasteiger charge is -2.30. The van der Waals surface area contributed by atoms with Crippen LogP contribution in [0, 0.1) is 32.1 Å². The first-order chi connectivity index (χ1) is 9.66. The van der Waals surface area contributed by atoms with Crippen molar-refractivity contribution in [2.45, 2.75) is 60.8 Å². The van der Waals surface area contributed by atoms with Crippen molar-refractivity contribution in [1.82, 2.24) is 0 Å². The molecule has 0 fully saturated rings. The van der Waals surface area contributed by atoms with E-state index in [1.165, 1.54) is 11.1 Å². The molecule has 1 unspecified atom stereocenters. The van der Waals surface area contributed by atoms with Gasteiger partial charge in [0.25, 0.3) is 0 Å². The molecular formula is C19H31NO. The van der Waals surface area contributed by atoms with Crippen LogP contribution in [0.2, 0.25) is 0 Å². The summed E-state index contributed by atoms with van der Waals surface area (Å²) >= 11 is 0. The third-order valence-corrected chi connectivity index (χ3v) is 4.60. The number of hydrogen-bond acceptors (Lipinski definition) is 2. The Labute approximate surface area is 130 Å². The third-order valence-electron chi connectivity index (χ3n) is 4.60. The fourth-order valence-corrected chi connectivity index (χ4v) is 2.91. The second-order valence-electron chi connectivity index (χ2n) is 7.35. The van der Waals surface area contributed by atoms with E-state index in [9.17, 15) is 4.79 Å². The highest BCUT2D eigenvalue weighted by Crippen LogP contribution is 2.32. The van der Waals surface area contributed by atoms with Crippen LogP contribution in [0.3, 0.4) is 0 Å². The van der Waals surface area contributed by atoms with E-state index in [-0.39, 0.29) is 11.2 Å². The summed E-state index contributed by atoms with van der Waals surface area (Å²) in [5.41, 5.74) is 10.3. The molecule has 1 aromatic carbocycles. The van der Waals surface area contributed by atoms with Gasteiger partial charge in [0.15, 0.2) is 5.78 Å². The molecule has 0 aliphatic rings. The summed E-state index contributed by atoms with van der Waals surface area (Å²) in [6.07, 6.45) is 2.53. The molecule has 0 saturated heterocycles. The first kappa shape index (κ1) is 17.9. The first-order valence-electron chi connectivity index (χ1n) is 7.98. The van der Waals surface area contributed by atoms with Gasteiger partial charge in [0.1, 0.15) is 0 Å². The molecule has 0 heterocycles. The first-order valence-corrected chi connectivity index (χ1v) is 7.98. The van der Waals surface area contributed by atoms with Gasteiger partial charge in [0.05, 0.1) is 0 Å². The molecular weight excluding hydrogens is 258 g/mol. The maximum atomic E-state index is 12.5. The molecule has 2 nitrogen and oxygen atoms in total. The summed E-state index contributed by atoms with van der Waals surface area (Å²) in [4.78, 5) is 12.5. The minimum atomic E-state index is 0.206. The van der Waals surface area contributed by atoms with Crippen molar-refractivity contribution >= 4 is 5.78 Å². The van der Waals surface area contributed by atoms with Crippen molar-refractivity contribution in [2.75, 3.05) is 6.54 Å². The maximum Gasteiger partial charge on any atom is 0.163 e. The molecule has 2 heteroatoms. The van der Waals surface area contributed by atoms with Crippen LogP contribution in [-0.2, 0) is 0 Å². The van der Waals surface area contributed by atoms with Gasteiger partial charge in [-0.1, -0.05) is 26.8 Å². The van der Waals surface area contributed by atoms with Gasteiger partial charge >= 0.3 is 0 Å². The summed E-state index contributed by atoms with van der Waals surface area (Å²) in [5, 5.41) is 0. The number of aryl methyl sites for hydroxylation is 3. The molecule has 0 radical (unpaired) electrons. The molecule has 0 aliphatic carbocycles. The van der Waals surface area contributed by atoms with Crippen molar-refractivity contribution < 1.29 is 4.79 Å². The van der Waals surface area contributed by atoms with Crippen LogP contribution in [0.15, 0.2) is 12.1 Å². The average molecular weight is 289 g/mol. The molecule has 21 heavy (non-hydrogen) atoms. The fourth-order valence-electron chi connectivity index (χ4n) is 2.91. The van der Waals surface area contributed by atoms with E-state index >= 15 is 0 Å². The van der Waals surface area contributed by atoms with Gasteiger partial charge in [-0.15, -0.1) is 0 Å². The molecule has 1 rings (SSSR count). The topological polar surface area (TPSA) is 43.1 Å². The van der Waals surface area contributed by atoms with Gasteiger partial charge in [0, 0.05) is 12.0 Å². The van der Waals surface area contributed by atoms with E-state index in [0.717, 1.165) is 24.0 Å². The van der Waals surface area contributed by atoms with Crippen molar-refractivity contribution in [3.8, 4) is 0 Å². The maximum absolute atomic E-state index is 12.5. The van der Waals surface area contributed by atoms with Gasteiger partial charge in [-0.3, -0.25) is 4.79 Å². The molecule has 0 aliphatic heterocycles. The van der Waals surface area contributed by atoms with Gasteiger partial charge in [-0.2, -0.15) is 0 Å². The van der Waals surface area contributed by atoms with E-state index in [1.807, 2.05) is 13.0 Å². The zero-order chi connectivity index (χ0) is 16.2. The highest BCUT2D eigenvalue weighted by atomic mass is 16.1. The molecule has 2 N–H and O–H groups in total. The molecule has 0 saturated carbocycles. The smallest absolute Gasteiger partial charge is 0.163 e. The Balaban J connectivity index is 2.80. The largest absolute Gasteiger partial charge is 0.330 e. The number of rotatable bonds is 6. The number of Topliss-reactive ketones (excluding diaryl/α,β-unsaturated/α-hetero) is 1. The summed E-state index contributed by atoms with van der Waals surface area (Å²) in [6.45, 7) is 13.6. The Morgan fingerprint density at radius 2 is 1.62 bits per heavy atom. The zero-order valence-corrected chi connectivity index (χ0v) is 14.5. The van der Waals surface area contributed by atoms with Gasteiger partial charge < -0.3 is 5.73 Å². The molecule has 118 valence electrons. The molecule has 0 amide bonds. The van der Waals surface area contributed by atoms with E-state index in [4.69, 9.17) is 5.73 Å². The van der Waals surface area contributed by atoms with Gasteiger partial charge in [-0.05, 0) is 74.2 Å². The Morgan fingerprint density at radius 3 is 2.14 bits per heavy atom. The normalized spacial score (nSPS) is 13.3. The second-order valence-corrected chi connectivity index (χ2v) is 7.35. The van der Waals surface area contributed by atoms with Crippen LogP contribution >= 0.6 is 0 Å². The van der Waals surface area contributed by atoms with E-state index < -0.39 is 0 Å². The number of benzene rings is 1. The average Bonchev–Trinajstić information content (AvgIpc) is 2.37. The Kier molecular flexibility index (Phi) is 6.15. The van der Waals surface area contributed by atoms with Crippen LogP contribution < -0.4 is 5.73 Å². The molecule has 0 spiro atoms. The Hall–Kier alpha value is -1.15. The summed E-state index contributed by atoms with van der Waals surface area (Å²) in [7, 11) is 0. The molecule has 0 aromatic heterocycles. The minimum Gasteiger partial charge on any atom is -0.330 e. The van der Waals surface area contributed by atoms with E-state index in [1.54, 1.807) is 0 Å². The predicted molar refractivity (Wildman–Crippen MR) is 90.8 cm³/mol. The van der Waals surface area contributed by atoms with Gasteiger partial charge in [-0.25, -0.2) is 0 Å². The fraction of sp³-hybridized carbons (Fsp3) is 0.632. The number of ketones is 1. The van der Waals surface area contributed by atoms with Crippen LogP contribution in [0.5, 0.6) is 0 Å². The monoisotopic (exact) mass is 289 g/mol. The van der Waals surface area contributed by atoms with Crippen LogP contribution in [0.25, 0.3) is 0 Å². The lowest BCUT2D eigenvalue weighted by atomic mass is 9.75. The molecule has 1 atom stereocenters. The van der Waals surface area contributed by atoms with Crippen molar-refractivity contribution in [2.24, 2.45) is 17.1 Å². The summed E-state index contributed by atoms with van der Waals surface area (Å²) < 4.78 is 0. The Bertz CT molecular complexity index is 497. The molecule has 0 bridgehead atoms. The quantitative estimate of drug-likeness (QED) is 0.779. The third kappa shape index (κ3) is 4.96. The second kappa shape index (κ2) is 7.22. The number of nitrogens with two attached hydrogens (primary N) is 1. The van der Waals surface area contributed by atoms with Crippen molar-refractivity contribution in [3.05, 3.63) is 34.4 Å². The SMILES string of the molecule is Cc1cc(C)c(C(=O)CCC(CCN)C(C)(C)C)cc1C.